The number of methoxy groups -OCH3 is 2. The molecule has 0 atom stereocenters. The molecule has 0 unspecified atom stereocenters. The van der Waals surface area contributed by atoms with Crippen LogP contribution in [0.2, 0.25) is 0 Å². The molecule has 0 aliphatic heterocycles. The summed E-state index contributed by atoms with van der Waals surface area (Å²) in [5.74, 6) is 1.60. The van der Waals surface area contributed by atoms with Gasteiger partial charge < -0.3 is 14.2 Å². The van der Waals surface area contributed by atoms with Crippen molar-refractivity contribution in [1.29, 1.82) is 0 Å². The minimum atomic E-state index is -0.266. The molecule has 3 aromatic rings. The Bertz CT molecular complexity index is 886. The van der Waals surface area contributed by atoms with E-state index in [1.807, 2.05) is 72.8 Å². The summed E-state index contributed by atoms with van der Waals surface area (Å²) in [5, 5.41) is 0. The Labute approximate surface area is 159 Å². The average Bonchev–Trinajstić information content (AvgIpc) is 2.73. The molecule has 0 N–H and O–H groups in total. The first-order valence-corrected chi connectivity index (χ1v) is 8.76. The van der Waals surface area contributed by atoms with Crippen LogP contribution in [0, 0.1) is 0 Å². The maximum Gasteiger partial charge on any atom is 0.311 e. The van der Waals surface area contributed by atoms with Crippen LogP contribution in [0.25, 0.3) is 11.1 Å². The quantitative estimate of drug-likeness (QED) is 0.442. The van der Waals surface area contributed by atoms with Gasteiger partial charge in [0.1, 0.15) is 5.75 Å². The Kier molecular flexibility index (Phi) is 6.10. The van der Waals surface area contributed by atoms with Gasteiger partial charge in [-0.1, -0.05) is 48.5 Å². The summed E-state index contributed by atoms with van der Waals surface area (Å²) >= 11 is 0. The van der Waals surface area contributed by atoms with Crippen LogP contribution in [-0.4, -0.2) is 20.2 Å². The third-order valence-corrected chi connectivity index (χ3v) is 4.26. The Hall–Kier alpha value is -3.27. The van der Waals surface area contributed by atoms with Gasteiger partial charge in [-0.2, -0.15) is 0 Å². The van der Waals surface area contributed by atoms with Crippen LogP contribution in [0.15, 0.2) is 72.8 Å². The number of carbonyl (C=O) groups excluding carboxylic acids is 1. The predicted octanol–water partition coefficient (Wildman–Crippen LogP) is 4.91. The van der Waals surface area contributed by atoms with Crippen LogP contribution < -0.4 is 14.2 Å². The normalized spacial score (nSPS) is 10.3. The van der Waals surface area contributed by atoms with Crippen molar-refractivity contribution in [3.63, 3.8) is 0 Å². The molecule has 0 spiro atoms. The highest BCUT2D eigenvalue weighted by Crippen LogP contribution is 2.28. The SMILES string of the molecule is COc1ccc(CCC(=O)Oc2ccc(-c3ccccc3)cc2)cc1OC. The van der Waals surface area contributed by atoms with Gasteiger partial charge in [-0.25, -0.2) is 0 Å². The van der Waals surface area contributed by atoms with E-state index in [9.17, 15) is 4.79 Å². The molecule has 0 fully saturated rings. The van der Waals surface area contributed by atoms with Gasteiger partial charge in [-0.3, -0.25) is 4.79 Å². The van der Waals surface area contributed by atoms with Crippen molar-refractivity contribution in [3.05, 3.63) is 78.4 Å². The number of rotatable bonds is 7. The molecule has 0 aliphatic carbocycles. The molecular formula is C23H22O4. The first-order valence-electron chi connectivity index (χ1n) is 8.76. The zero-order valence-corrected chi connectivity index (χ0v) is 15.5. The van der Waals surface area contributed by atoms with E-state index in [0.717, 1.165) is 16.7 Å². The lowest BCUT2D eigenvalue weighted by atomic mass is 10.1. The largest absolute Gasteiger partial charge is 0.493 e. The van der Waals surface area contributed by atoms with Crippen molar-refractivity contribution in [3.8, 4) is 28.4 Å². The highest BCUT2D eigenvalue weighted by Gasteiger charge is 2.09. The van der Waals surface area contributed by atoms with Crippen LogP contribution in [0.5, 0.6) is 17.2 Å². The number of carbonyl (C=O) groups is 1. The fourth-order valence-electron chi connectivity index (χ4n) is 2.81. The van der Waals surface area contributed by atoms with E-state index in [0.29, 0.717) is 23.7 Å². The van der Waals surface area contributed by atoms with Crippen LogP contribution in [0.4, 0.5) is 0 Å². The van der Waals surface area contributed by atoms with Crippen molar-refractivity contribution < 1.29 is 19.0 Å². The fraction of sp³-hybridized carbons (Fsp3) is 0.174. The zero-order chi connectivity index (χ0) is 19.1. The van der Waals surface area contributed by atoms with E-state index in [4.69, 9.17) is 14.2 Å². The van der Waals surface area contributed by atoms with Crippen molar-refractivity contribution in [2.45, 2.75) is 12.8 Å². The lowest BCUT2D eigenvalue weighted by Crippen LogP contribution is -2.09. The Morgan fingerprint density at radius 2 is 1.44 bits per heavy atom. The van der Waals surface area contributed by atoms with Crippen molar-refractivity contribution in [1.82, 2.24) is 0 Å². The molecule has 27 heavy (non-hydrogen) atoms. The van der Waals surface area contributed by atoms with E-state index in [1.165, 1.54) is 0 Å². The Morgan fingerprint density at radius 3 is 2.11 bits per heavy atom. The number of aryl methyl sites for hydroxylation is 1. The third kappa shape index (κ3) is 4.88. The first-order chi connectivity index (χ1) is 13.2. The lowest BCUT2D eigenvalue weighted by Gasteiger charge is -2.09. The zero-order valence-electron chi connectivity index (χ0n) is 15.5. The fourth-order valence-corrected chi connectivity index (χ4v) is 2.81. The summed E-state index contributed by atoms with van der Waals surface area (Å²) in [5.41, 5.74) is 3.20. The molecule has 0 bridgehead atoms. The summed E-state index contributed by atoms with van der Waals surface area (Å²) in [4.78, 5) is 12.1. The summed E-state index contributed by atoms with van der Waals surface area (Å²) < 4.78 is 15.9. The van der Waals surface area contributed by atoms with Gasteiger partial charge >= 0.3 is 5.97 Å². The highest BCUT2D eigenvalue weighted by atomic mass is 16.5. The molecule has 0 heterocycles. The van der Waals surface area contributed by atoms with Gasteiger partial charge in [0.2, 0.25) is 0 Å². The molecule has 0 radical (unpaired) electrons. The van der Waals surface area contributed by atoms with Crippen LogP contribution in [0.3, 0.4) is 0 Å². The van der Waals surface area contributed by atoms with Crippen molar-refractivity contribution in [2.24, 2.45) is 0 Å². The minimum absolute atomic E-state index is 0.266. The molecular weight excluding hydrogens is 340 g/mol. The summed E-state index contributed by atoms with van der Waals surface area (Å²) in [6.45, 7) is 0. The third-order valence-electron chi connectivity index (χ3n) is 4.26. The predicted molar refractivity (Wildman–Crippen MR) is 105 cm³/mol. The van der Waals surface area contributed by atoms with E-state index >= 15 is 0 Å². The Morgan fingerprint density at radius 1 is 0.778 bits per heavy atom. The van der Waals surface area contributed by atoms with Crippen LogP contribution in [0.1, 0.15) is 12.0 Å². The van der Waals surface area contributed by atoms with Gasteiger partial charge in [0.15, 0.2) is 11.5 Å². The molecule has 4 nitrogen and oxygen atoms in total. The molecule has 0 aromatic heterocycles. The van der Waals surface area contributed by atoms with Gasteiger partial charge in [-0.05, 0) is 47.4 Å². The molecule has 138 valence electrons. The summed E-state index contributed by atoms with van der Waals surface area (Å²) in [6.07, 6.45) is 0.858. The molecule has 3 rings (SSSR count). The van der Waals surface area contributed by atoms with Crippen molar-refractivity contribution in [2.75, 3.05) is 14.2 Å². The number of esters is 1. The van der Waals surface area contributed by atoms with Gasteiger partial charge in [0.05, 0.1) is 14.2 Å². The second-order valence-electron chi connectivity index (χ2n) is 6.05. The van der Waals surface area contributed by atoms with Gasteiger partial charge in [-0.15, -0.1) is 0 Å². The summed E-state index contributed by atoms with van der Waals surface area (Å²) in [6, 6.07) is 23.2. The first kappa shape index (κ1) is 18.5. The second kappa shape index (κ2) is 8.90. The number of benzene rings is 3. The molecule has 0 saturated heterocycles. The second-order valence-corrected chi connectivity index (χ2v) is 6.05. The van der Waals surface area contributed by atoms with E-state index < -0.39 is 0 Å². The summed E-state index contributed by atoms with van der Waals surface area (Å²) in [7, 11) is 3.19. The number of hydrogen-bond acceptors (Lipinski definition) is 4. The van der Waals surface area contributed by atoms with Gasteiger partial charge in [0.25, 0.3) is 0 Å². The van der Waals surface area contributed by atoms with Gasteiger partial charge in [0, 0.05) is 6.42 Å². The lowest BCUT2D eigenvalue weighted by molar-refractivity contribution is -0.134. The van der Waals surface area contributed by atoms with E-state index in [2.05, 4.69) is 0 Å². The average molecular weight is 362 g/mol. The standard InChI is InChI=1S/C23H22O4/c1-25-21-14-8-17(16-22(21)26-2)9-15-23(24)27-20-12-10-19(11-13-20)18-6-4-3-5-7-18/h3-8,10-14,16H,9,15H2,1-2H3. The van der Waals surface area contributed by atoms with Crippen molar-refractivity contribution >= 4 is 5.97 Å². The number of ether oxygens (including phenoxy) is 3. The molecule has 3 aromatic carbocycles. The van der Waals surface area contributed by atoms with E-state index in [-0.39, 0.29) is 12.4 Å². The van der Waals surface area contributed by atoms with Crippen LogP contribution in [-0.2, 0) is 11.2 Å². The topological polar surface area (TPSA) is 44.8 Å². The van der Waals surface area contributed by atoms with Crippen LogP contribution >= 0.6 is 0 Å². The molecule has 0 amide bonds. The van der Waals surface area contributed by atoms with E-state index in [1.54, 1.807) is 14.2 Å². The Balaban J connectivity index is 1.56. The smallest absolute Gasteiger partial charge is 0.311 e. The minimum Gasteiger partial charge on any atom is -0.493 e. The molecule has 0 saturated carbocycles. The molecule has 0 aliphatic rings. The highest BCUT2D eigenvalue weighted by molar-refractivity contribution is 5.73. The molecule has 4 heteroatoms. The maximum atomic E-state index is 12.1. The monoisotopic (exact) mass is 362 g/mol. The number of hydrogen-bond donors (Lipinski definition) is 0. The maximum absolute atomic E-state index is 12.1.